The smallest absolute Gasteiger partial charge is 0.227 e. The minimum Gasteiger partial charge on any atom is -0.379 e. The Morgan fingerprint density at radius 1 is 1.47 bits per heavy atom. The van der Waals surface area contributed by atoms with Gasteiger partial charge in [-0.05, 0) is 14.0 Å². The molecule has 0 radical (unpaired) electrons. The first-order chi connectivity index (χ1) is 7.83. The van der Waals surface area contributed by atoms with Gasteiger partial charge in [0.15, 0.2) is 0 Å². The molecule has 0 bridgehead atoms. The molecule has 0 aromatic rings. The summed E-state index contributed by atoms with van der Waals surface area (Å²) >= 11 is 0. The second-order valence-corrected chi connectivity index (χ2v) is 6.73. The lowest BCUT2D eigenvalue weighted by Crippen LogP contribution is -2.46. The molecule has 0 aromatic heterocycles. The van der Waals surface area contributed by atoms with Crippen molar-refractivity contribution in [2.24, 2.45) is 5.92 Å². The van der Waals surface area contributed by atoms with Crippen LogP contribution in [-0.4, -0.2) is 58.7 Å². The van der Waals surface area contributed by atoms with E-state index in [9.17, 15) is 13.2 Å². The fourth-order valence-corrected chi connectivity index (χ4v) is 2.93. The van der Waals surface area contributed by atoms with E-state index in [-0.39, 0.29) is 29.7 Å². The number of rotatable bonds is 5. The van der Waals surface area contributed by atoms with Gasteiger partial charge < -0.3 is 15.4 Å². The average Bonchev–Trinajstić information content (AvgIpc) is 2.61. The van der Waals surface area contributed by atoms with Crippen LogP contribution in [0.4, 0.5) is 0 Å². The maximum atomic E-state index is 11.9. The van der Waals surface area contributed by atoms with Crippen LogP contribution < -0.4 is 10.6 Å². The van der Waals surface area contributed by atoms with Gasteiger partial charge in [0, 0.05) is 18.3 Å². The van der Waals surface area contributed by atoms with Crippen LogP contribution in [0.15, 0.2) is 0 Å². The number of hydrogen-bond acceptors (Lipinski definition) is 5. The molecule has 0 aromatic carbocycles. The molecular formula is C10H20N2O4S. The lowest BCUT2D eigenvalue weighted by atomic mass is 10.0. The molecule has 17 heavy (non-hydrogen) atoms. The summed E-state index contributed by atoms with van der Waals surface area (Å²) in [4.78, 5) is 11.9. The molecule has 1 fully saturated rings. The number of sulfone groups is 1. The molecule has 1 aliphatic heterocycles. The Bertz CT molecular complexity index is 369. The first kappa shape index (κ1) is 14.4. The lowest BCUT2D eigenvalue weighted by Gasteiger charge is -2.19. The number of hydrogen-bond donors (Lipinski definition) is 2. The number of amides is 1. The van der Waals surface area contributed by atoms with Gasteiger partial charge in [0.2, 0.25) is 5.91 Å². The summed E-state index contributed by atoms with van der Waals surface area (Å²) in [6.45, 7) is 2.57. The van der Waals surface area contributed by atoms with Gasteiger partial charge in [-0.1, -0.05) is 0 Å². The Kier molecular flexibility index (Phi) is 4.91. The molecule has 1 heterocycles. The van der Waals surface area contributed by atoms with Gasteiger partial charge in [-0.15, -0.1) is 0 Å². The number of carbonyl (C=O) groups is 1. The van der Waals surface area contributed by atoms with Crippen molar-refractivity contribution in [1.29, 1.82) is 0 Å². The Labute approximate surface area is 102 Å². The molecule has 7 heteroatoms. The Morgan fingerprint density at radius 3 is 2.65 bits per heavy atom. The van der Waals surface area contributed by atoms with E-state index in [1.807, 2.05) is 0 Å². The van der Waals surface area contributed by atoms with Crippen LogP contribution >= 0.6 is 0 Å². The van der Waals surface area contributed by atoms with E-state index >= 15 is 0 Å². The minimum atomic E-state index is -3.07. The summed E-state index contributed by atoms with van der Waals surface area (Å²) in [7, 11) is -1.30. The van der Waals surface area contributed by atoms with Gasteiger partial charge in [0.1, 0.15) is 9.84 Å². The monoisotopic (exact) mass is 264 g/mol. The maximum absolute atomic E-state index is 11.9. The fraction of sp³-hybridized carbons (Fsp3) is 0.900. The zero-order valence-corrected chi connectivity index (χ0v) is 11.2. The van der Waals surface area contributed by atoms with Crippen LogP contribution in [0.25, 0.3) is 0 Å². The van der Waals surface area contributed by atoms with Crippen molar-refractivity contribution in [3.63, 3.8) is 0 Å². The highest BCUT2D eigenvalue weighted by Crippen LogP contribution is 2.13. The SMILES string of the molecule is CNC1COCC1C(=O)NC(C)CS(C)(=O)=O. The van der Waals surface area contributed by atoms with E-state index in [2.05, 4.69) is 10.6 Å². The van der Waals surface area contributed by atoms with E-state index in [0.29, 0.717) is 13.2 Å². The zero-order chi connectivity index (χ0) is 13.1. The summed E-state index contributed by atoms with van der Waals surface area (Å²) in [5.41, 5.74) is 0. The van der Waals surface area contributed by atoms with Crippen molar-refractivity contribution in [1.82, 2.24) is 10.6 Å². The Balaban J connectivity index is 2.48. The van der Waals surface area contributed by atoms with Crippen molar-refractivity contribution in [2.45, 2.75) is 19.0 Å². The molecule has 100 valence electrons. The predicted molar refractivity (Wildman–Crippen MR) is 64.5 cm³/mol. The highest BCUT2D eigenvalue weighted by atomic mass is 32.2. The summed E-state index contributed by atoms with van der Waals surface area (Å²) in [5, 5.41) is 5.72. The molecule has 1 rings (SSSR count). The standard InChI is InChI=1S/C10H20N2O4S/c1-7(6-17(3,14)15)12-10(13)8-4-16-5-9(8)11-2/h7-9,11H,4-6H2,1-3H3,(H,12,13). The predicted octanol–water partition coefficient (Wildman–Crippen LogP) is -1.23. The fourth-order valence-electron chi connectivity index (χ4n) is 1.94. The van der Waals surface area contributed by atoms with Crippen LogP contribution in [0.3, 0.4) is 0 Å². The largest absolute Gasteiger partial charge is 0.379 e. The molecule has 0 aliphatic carbocycles. The minimum absolute atomic E-state index is 0.000402. The Morgan fingerprint density at radius 2 is 2.12 bits per heavy atom. The highest BCUT2D eigenvalue weighted by Gasteiger charge is 2.33. The van der Waals surface area contributed by atoms with Crippen LogP contribution in [0, 0.1) is 5.92 Å². The van der Waals surface area contributed by atoms with Crippen molar-refractivity contribution >= 4 is 15.7 Å². The first-order valence-corrected chi connectivity index (χ1v) is 7.62. The molecule has 0 spiro atoms. The van der Waals surface area contributed by atoms with Gasteiger partial charge in [-0.25, -0.2) is 8.42 Å². The topological polar surface area (TPSA) is 84.5 Å². The molecule has 3 unspecified atom stereocenters. The Hall–Kier alpha value is -0.660. The van der Waals surface area contributed by atoms with Crippen LogP contribution in [0.1, 0.15) is 6.92 Å². The van der Waals surface area contributed by atoms with Gasteiger partial charge in [0.05, 0.1) is 24.9 Å². The lowest BCUT2D eigenvalue weighted by molar-refractivity contribution is -0.125. The van der Waals surface area contributed by atoms with E-state index in [1.165, 1.54) is 0 Å². The van der Waals surface area contributed by atoms with E-state index in [1.54, 1.807) is 14.0 Å². The highest BCUT2D eigenvalue weighted by molar-refractivity contribution is 7.90. The van der Waals surface area contributed by atoms with E-state index < -0.39 is 9.84 Å². The molecule has 1 amide bonds. The van der Waals surface area contributed by atoms with E-state index in [4.69, 9.17) is 4.74 Å². The van der Waals surface area contributed by atoms with Crippen LogP contribution in [0.2, 0.25) is 0 Å². The summed E-state index contributed by atoms with van der Waals surface area (Å²) in [5.74, 6) is -0.448. The third-order valence-electron chi connectivity index (χ3n) is 2.73. The molecular weight excluding hydrogens is 244 g/mol. The first-order valence-electron chi connectivity index (χ1n) is 5.56. The quantitative estimate of drug-likeness (QED) is 0.649. The van der Waals surface area contributed by atoms with Crippen molar-refractivity contribution in [3.05, 3.63) is 0 Å². The number of carbonyl (C=O) groups excluding carboxylic acids is 1. The molecule has 1 aliphatic rings. The summed E-state index contributed by atoms with van der Waals surface area (Å²) < 4.78 is 27.4. The van der Waals surface area contributed by atoms with Gasteiger partial charge in [-0.3, -0.25) is 4.79 Å². The molecule has 6 nitrogen and oxygen atoms in total. The van der Waals surface area contributed by atoms with Crippen LogP contribution in [-0.2, 0) is 19.4 Å². The van der Waals surface area contributed by atoms with Crippen molar-refractivity contribution in [3.8, 4) is 0 Å². The molecule has 2 N–H and O–H groups in total. The van der Waals surface area contributed by atoms with E-state index in [0.717, 1.165) is 6.26 Å². The number of ether oxygens (including phenoxy) is 1. The number of nitrogens with one attached hydrogen (secondary N) is 2. The van der Waals surface area contributed by atoms with Crippen molar-refractivity contribution in [2.75, 3.05) is 32.3 Å². The number of likely N-dealkylation sites (N-methyl/N-ethyl adjacent to an activating group) is 1. The molecule has 3 atom stereocenters. The second kappa shape index (κ2) is 5.79. The van der Waals surface area contributed by atoms with Gasteiger partial charge in [0.25, 0.3) is 0 Å². The van der Waals surface area contributed by atoms with Crippen LogP contribution in [0.5, 0.6) is 0 Å². The third kappa shape index (κ3) is 4.61. The maximum Gasteiger partial charge on any atom is 0.227 e. The third-order valence-corrected chi connectivity index (χ3v) is 3.83. The molecule has 0 saturated carbocycles. The van der Waals surface area contributed by atoms with Crippen molar-refractivity contribution < 1.29 is 17.9 Å². The second-order valence-electron chi connectivity index (χ2n) is 4.54. The summed E-state index contributed by atoms with van der Waals surface area (Å²) in [6, 6.07) is -0.379. The average molecular weight is 264 g/mol. The normalized spacial score (nSPS) is 26.8. The summed E-state index contributed by atoms with van der Waals surface area (Å²) in [6.07, 6.45) is 1.16. The van der Waals surface area contributed by atoms with Gasteiger partial charge in [-0.2, -0.15) is 0 Å². The molecule has 1 saturated heterocycles. The van der Waals surface area contributed by atoms with Gasteiger partial charge >= 0.3 is 0 Å². The zero-order valence-electron chi connectivity index (χ0n) is 10.4.